The Labute approximate surface area is 250 Å². The Hall–Kier alpha value is -5.88. The standard InChI is InChI=1S/C38H20N4S/c1-40-24-11-15-36-30(19-24)28-7-3-5-9-34(28)42(36)26-13-17-38-32(21-26)31-20-25(12-16-37(31)43-38)41-33-8-4-2-6-27(33)29-18-23(22-39)10-14-35(29)41/h2-21H. The summed E-state index contributed by atoms with van der Waals surface area (Å²) in [5.41, 5.74) is 7.93. The van der Waals surface area contributed by atoms with E-state index in [9.17, 15) is 5.26 Å². The molecule has 6 aromatic carbocycles. The first-order valence-corrected chi connectivity index (χ1v) is 14.8. The molecule has 0 aliphatic rings. The van der Waals surface area contributed by atoms with Gasteiger partial charge in [0.15, 0.2) is 5.69 Å². The van der Waals surface area contributed by atoms with Crippen LogP contribution in [0.3, 0.4) is 0 Å². The molecule has 43 heavy (non-hydrogen) atoms. The summed E-state index contributed by atoms with van der Waals surface area (Å²) in [6.45, 7) is 7.53. The van der Waals surface area contributed by atoms with E-state index in [2.05, 4.69) is 117 Å². The number of fused-ring (bicyclic) bond motifs is 9. The molecule has 0 unspecified atom stereocenters. The van der Waals surface area contributed by atoms with Crippen LogP contribution in [0.25, 0.3) is 80.0 Å². The van der Waals surface area contributed by atoms with Gasteiger partial charge in [-0.3, -0.25) is 0 Å². The van der Waals surface area contributed by atoms with Gasteiger partial charge < -0.3 is 9.13 Å². The third kappa shape index (κ3) is 3.35. The van der Waals surface area contributed by atoms with Gasteiger partial charge in [0.1, 0.15) is 0 Å². The molecule has 9 rings (SSSR count). The van der Waals surface area contributed by atoms with E-state index in [0.717, 1.165) is 55.0 Å². The normalized spacial score (nSPS) is 11.7. The van der Waals surface area contributed by atoms with Crippen LogP contribution in [0.2, 0.25) is 0 Å². The van der Waals surface area contributed by atoms with Crippen molar-refractivity contribution in [2.24, 2.45) is 0 Å². The number of para-hydroxylation sites is 2. The highest BCUT2D eigenvalue weighted by Gasteiger charge is 2.16. The van der Waals surface area contributed by atoms with E-state index in [1.807, 2.05) is 35.6 Å². The van der Waals surface area contributed by atoms with Gasteiger partial charge in [-0.25, -0.2) is 4.85 Å². The van der Waals surface area contributed by atoms with E-state index in [4.69, 9.17) is 6.57 Å². The zero-order valence-corrected chi connectivity index (χ0v) is 23.6. The Morgan fingerprint density at radius 1 is 0.535 bits per heavy atom. The van der Waals surface area contributed by atoms with E-state index in [1.54, 1.807) is 0 Å². The molecule has 0 saturated heterocycles. The number of nitriles is 1. The summed E-state index contributed by atoms with van der Waals surface area (Å²) in [6, 6.07) is 44.5. The summed E-state index contributed by atoms with van der Waals surface area (Å²) in [4.78, 5) is 3.68. The van der Waals surface area contributed by atoms with E-state index in [0.29, 0.717) is 11.3 Å². The van der Waals surface area contributed by atoms with Crippen LogP contribution in [0.4, 0.5) is 5.69 Å². The maximum Gasteiger partial charge on any atom is 0.188 e. The van der Waals surface area contributed by atoms with Crippen LogP contribution in [0.15, 0.2) is 121 Å². The zero-order valence-electron chi connectivity index (χ0n) is 22.7. The first-order chi connectivity index (χ1) is 21.2. The molecule has 198 valence electrons. The topological polar surface area (TPSA) is 38.0 Å². The number of thiophene rings is 1. The summed E-state index contributed by atoms with van der Waals surface area (Å²) in [5.74, 6) is 0. The second-order valence-corrected chi connectivity index (χ2v) is 11.9. The molecule has 3 heterocycles. The molecule has 0 fully saturated rings. The molecule has 9 aromatic rings. The molecule has 0 bridgehead atoms. The van der Waals surface area contributed by atoms with Gasteiger partial charge in [-0.15, -0.1) is 11.3 Å². The fraction of sp³-hybridized carbons (Fsp3) is 0. The van der Waals surface area contributed by atoms with Crippen molar-refractivity contribution in [1.82, 2.24) is 9.13 Å². The third-order valence-electron chi connectivity index (χ3n) is 8.54. The summed E-state index contributed by atoms with van der Waals surface area (Å²) >= 11 is 1.81. The van der Waals surface area contributed by atoms with Crippen molar-refractivity contribution in [3.8, 4) is 17.4 Å². The summed E-state index contributed by atoms with van der Waals surface area (Å²) in [6.07, 6.45) is 0. The minimum atomic E-state index is 0.649. The summed E-state index contributed by atoms with van der Waals surface area (Å²) in [7, 11) is 0. The van der Waals surface area contributed by atoms with Crippen molar-refractivity contribution in [2.45, 2.75) is 0 Å². The van der Waals surface area contributed by atoms with Crippen LogP contribution in [0, 0.1) is 17.9 Å². The average Bonchev–Trinajstić information content (AvgIpc) is 3.71. The van der Waals surface area contributed by atoms with E-state index >= 15 is 0 Å². The molecule has 0 atom stereocenters. The quantitative estimate of drug-likeness (QED) is 0.192. The Balaban J connectivity index is 1.30. The highest BCUT2D eigenvalue weighted by atomic mass is 32.1. The minimum absolute atomic E-state index is 0.649. The van der Waals surface area contributed by atoms with Crippen molar-refractivity contribution in [3.05, 3.63) is 138 Å². The number of rotatable bonds is 2. The lowest BCUT2D eigenvalue weighted by Crippen LogP contribution is -1.94. The lowest BCUT2D eigenvalue weighted by Gasteiger charge is -2.10. The number of benzene rings is 6. The highest BCUT2D eigenvalue weighted by molar-refractivity contribution is 7.25. The lowest BCUT2D eigenvalue weighted by molar-refractivity contribution is 1.18. The van der Waals surface area contributed by atoms with Crippen LogP contribution >= 0.6 is 11.3 Å². The number of hydrogen-bond donors (Lipinski definition) is 0. The fourth-order valence-corrected chi connectivity index (χ4v) is 7.73. The van der Waals surface area contributed by atoms with Crippen LogP contribution in [0.1, 0.15) is 5.56 Å². The van der Waals surface area contributed by atoms with Crippen molar-refractivity contribution >= 4 is 80.8 Å². The van der Waals surface area contributed by atoms with E-state index in [-0.39, 0.29) is 0 Å². The lowest BCUT2D eigenvalue weighted by atomic mass is 10.1. The van der Waals surface area contributed by atoms with Crippen molar-refractivity contribution in [2.75, 3.05) is 0 Å². The number of nitrogens with zero attached hydrogens (tertiary/aromatic N) is 4. The van der Waals surface area contributed by atoms with Crippen molar-refractivity contribution in [3.63, 3.8) is 0 Å². The molecule has 0 saturated carbocycles. The van der Waals surface area contributed by atoms with Gasteiger partial charge in [-0.05, 0) is 84.2 Å². The molecular weight excluding hydrogens is 545 g/mol. The average molecular weight is 565 g/mol. The van der Waals surface area contributed by atoms with Gasteiger partial charge >= 0.3 is 0 Å². The first-order valence-electron chi connectivity index (χ1n) is 14.0. The largest absolute Gasteiger partial charge is 0.309 e. The van der Waals surface area contributed by atoms with Crippen molar-refractivity contribution in [1.29, 1.82) is 5.26 Å². The molecular formula is C38H20N4S. The molecule has 3 aromatic heterocycles. The molecule has 0 aliphatic carbocycles. The molecule has 4 nitrogen and oxygen atoms in total. The molecule has 0 spiro atoms. The Kier molecular flexibility index (Phi) is 4.87. The van der Waals surface area contributed by atoms with Crippen molar-refractivity contribution < 1.29 is 0 Å². The maximum absolute atomic E-state index is 9.55. The van der Waals surface area contributed by atoms with E-state index in [1.165, 1.54) is 20.2 Å². The predicted octanol–water partition coefficient (Wildman–Crippen LogP) is 10.7. The van der Waals surface area contributed by atoms with Crippen LogP contribution in [0.5, 0.6) is 0 Å². The Morgan fingerprint density at radius 3 is 1.65 bits per heavy atom. The number of hydrogen-bond acceptors (Lipinski definition) is 2. The first kappa shape index (κ1) is 23.8. The summed E-state index contributed by atoms with van der Waals surface area (Å²) in [5, 5.41) is 16.4. The van der Waals surface area contributed by atoms with Crippen LogP contribution in [-0.4, -0.2) is 9.13 Å². The fourth-order valence-electron chi connectivity index (χ4n) is 6.66. The van der Waals surface area contributed by atoms with E-state index < -0.39 is 0 Å². The monoisotopic (exact) mass is 564 g/mol. The number of aromatic nitrogens is 2. The minimum Gasteiger partial charge on any atom is -0.309 e. The van der Waals surface area contributed by atoms with Gasteiger partial charge in [0.05, 0.1) is 40.3 Å². The SMILES string of the molecule is [C-]#[N+]c1ccc2c(c1)c1ccccc1n2-c1ccc2sc3ccc(-n4c5ccccc5c5cc(C#N)ccc54)cc3c2c1. The zero-order chi connectivity index (χ0) is 28.7. The van der Waals surface area contributed by atoms with Gasteiger partial charge in [0.25, 0.3) is 0 Å². The summed E-state index contributed by atoms with van der Waals surface area (Å²) < 4.78 is 7.10. The maximum atomic E-state index is 9.55. The predicted molar refractivity (Wildman–Crippen MR) is 179 cm³/mol. The third-order valence-corrected chi connectivity index (χ3v) is 9.69. The molecule has 0 aliphatic heterocycles. The highest BCUT2D eigenvalue weighted by Crippen LogP contribution is 2.40. The smallest absolute Gasteiger partial charge is 0.188 e. The molecule has 0 N–H and O–H groups in total. The molecule has 0 amide bonds. The van der Waals surface area contributed by atoms with Gasteiger partial charge in [0, 0.05) is 47.7 Å². The van der Waals surface area contributed by atoms with Gasteiger partial charge in [-0.2, -0.15) is 5.26 Å². The van der Waals surface area contributed by atoms with Gasteiger partial charge in [-0.1, -0.05) is 42.5 Å². The Morgan fingerprint density at radius 2 is 1.07 bits per heavy atom. The van der Waals surface area contributed by atoms with Crippen LogP contribution in [-0.2, 0) is 0 Å². The second-order valence-electron chi connectivity index (χ2n) is 10.8. The molecule has 0 radical (unpaired) electrons. The Bertz CT molecular complexity index is 2520. The van der Waals surface area contributed by atoms with Gasteiger partial charge in [0.2, 0.25) is 0 Å². The van der Waals surface area contributed by atoms with Crippen LogP contribution < -0.4 is 0 Å². The molecule has 5 heteroatoms. The second kappa shape index (κ2) is 8.81.